The van der Waals surface area contributed by atoms with E-state index in [0.29, 0.717) is 0 Å². The number of esters is 1. The molecule has 0 rings (SSSR count). The maximum Gasteiger partial charge on any atom is 0.332 e. The molecule has 0 saturated heterocycles. The minimum Gasteiger partial charge on any atom is -0.480 e. The van der Waals surface area contributed by atoms with Crippen LogP contribution in [0.3, 0.4) is 0 Å². The Bertz CT molecular complexity index is 347. The number of rotatable bonds is 6. The number of aliphatic carboxylic acids is 1. The fraction of sp³-hybridized carbons (Fsp3) is 0.500. The average molecular weight is 242 g/mol. The van der Waals surface area contributed by atoms with Crippen LogP contribution in [0.2, 0.25) is 0 Å². The molecule has 2 atom stereocenters. The summed E-state index contributed by atoms with van der Waals surface area (Å²) in [6, 6.07) is -2.83. The van der Waals surface area contributed by atoms with Crippen LogP contribution in [0.4, 0.5) is 0 Å². The first-order chi connectivity index (χ1) is 7.93. The fourth-order valence-electron chi connectivity index (χ4n) is 0.919. The first-order valence-corrected chi connectivity index (χ1v) is 4.82. The zero-order valence-corrected chi connectivity index (χ0v) is 9.30. The predicted octanol–water partition coefficient (Wildman–Crippen LogP) is -1.53. The summed E-state index contributed by atoms with van der Waals surface area (Å²) in [5.74, 6) is -1.06. The van der Waals surface area contributed by atoms with Gasteiger partial charge in [-0.05, 0) is 6.92 Å². The lowest BCUT2D eigenvalue weighted by Gasteiger charge is -2.15. The van der Waals surface area contributed by atoms with Gasteiger partial charge < -0.3 is 20.9 Å². The highest BCUT2D eigenvalue weighted by Gasteiger charge is 2.27. The van der Waals surface area contributed by atoms with Crippen molar-refractivity contribution in [1.82, 2.24) is 5.32 Å². The molecule has 0 aliphatic rings. The Kier molecular flexibility index (Phi) is 6.36. The van der Waals surface area contributed by atoms with E-state index in [0.717, 1.165) is 0 Å². The van der Waals surface area contributed by atoms with Crippen LogP contribution in [0, 0.1) is 12.3 Å². The third-order valence-electron chi connectivity index (χ3n) is 1.76. The highest BCUT2D eigenvalue weighted by atomic mass is 16.5. The second-order valence-corrected chi connectivity index (χ2v) is 3.04. The van der Waals surface area contributed by atoms with Gasteiger partial charge in [0.05, 0.1) is 6.61 Å². The molecule has 0 heterocycles. The van der Waals surface area contributed by atoms with Gasteiger partial charge in [0, 0.05) is 6.42 Å². The average Bonchev–Trinajstić information content (AvgIpc) is 2.27. The summed E-state index contributed by atoms with van der Waals surface area (Å²) in [6.45, 7) is 1.63. The number of nitrogens with one attached hydrogen (secondary N) is 1. The molecular formula is C10H14N2O5. The zero-order valence-electron chi connectivity index (χ0n) is 9.30. The van der Waals surface area contributed by atoms with Crippen molar-refractivity contribution in [2.75, 3.05) is 6.61 Å². The Hall–Kier alpha value is -2.07. The second-order valence-electron chi connectivity index (χ2n) is 3.04. The lowest BCUT2D eigenvalue weighted by molar-refractivity contribution is -0.150. The van der Waals surface area contributed by atoms with Gasteiger partial charge in [-0.1, -0.05) is 0 Å². The van der Waals surface area contributed by atoms with Crippen LogP contribution < -0.4 is 11.1 Å². The lowest BCUT2D eigenvalue weighted by atomic mass is 10.2. The van der Waals surface area contributed by atoms with Crippen molar-refractivity contribution in [3.63, 3.8) is 0 Å². The van der Waals surface area contributed by atoms with E-state index >= 15 is 0 Å². The summed E-state index contributed by atoms with van der Waals surface area (Å²) in [5, 5.41) is 10.8. The summed E-state index contributed by atoms with van der Waals surface area (Å²) in [5.41, 5.74) is 5.26. The minimum atomic E-state index is -1.56. The summed E-state index contributed by atoms with van der Waals surface area (Å²) < 4.78 is 4.51. The largest absolute Gasteiger partial charge is 0.480 e. The number of carboxylic acid groups (broad SMARTS) is 1. The number of hydrogen-bond donors (Lipinski definition) is 3. The highest BCUT2D eigenvalue weighted by molar-refractivity contribution is 6.02. The molecule has 0 aliphatic carbocycles. The van der Waals surface area contributed by atoms with Crippen LogP contribution in [-0.4, -0.2) is 41.6 Å². The maximum absolute atomic E-state index is 11.4. The Labute approximate surface area is 98.3 Å². The summed E-state index contributed by atoms with van der Waals surface area (Å²) in [7, 11) is 0. The van der Waals surface area contributed by atoms with Crippen molar-refractivity contribution >= 4 is 17.8 Å². The van der Waals surface area contributed by atoms with E-state index in [2.05, 4.69) is 10.7 Å². The summed E-state index contributed by atoms with van der Waals surface area (Å²) in [6.07, 6.45) is 4.74. The highest BCUT2D eigenvalue weighted by Crippen LogP contribution is 1.93. The molecule has 4 N–H and O–H groups in total. The molecular weight excluding hydrogens is 228 g/mol. The predicted molar refractivity (Wildman–Crippen MR) is 57.6 cm³/mol. The molecule has 0 spiro atoms. The van der Waals surface area contributed by atoms with Crippen molar-refractivity contribution < 1.29 is 24.2 Å². The first kappa shape index (κ1) is 14.9. The van der Waals surface area contributed by atoms with E-state index in [1.165, 1.54) is 0 Å². The number of terminal acetylenes is 1. The normalized spacial score (nSPS) is 13.0. The molecule has 0 aromatic heterocycles. The van der Waals surface area contributed by atoms with E-state index in [1.54, 1.807) is 6.92 Å². The van der Waals surface area contributed by atoms with Crippen LogP contribution in [-0.2, 0) is 19.1 Å². The third kappa shape index (κ3) is 4.99. The van der Waals surface area contributed by atoms with Crippen molar-refractivity contribution in [3.05, 3.63) is 0 Å². The van der Waals surface area contributed by atoms with Gasteiger partial charge in [-0.15, -0.1) is 12.3 Å². The van der Waals surface area contributed by atoms with Gasteiger partial charge in [0.1, 0.15) is 6.04 Å². The van der Waals surface area contributed by atoms with Gasteiger partial charge in [-0.2, -0.15) is 0 Å². The van der Waals surface area contributed by atoms with E-state index in [1.807, 2.05) is 5.32 Å². The molecule has 0 aliphatic heterocycles. The molecule has 0 saturated carbocycles. The Morgan fingerprint density at radius 1 is 1.53 bits per heavy atom. The third-order valence-corrected chi connectivity index (χ3v) is 1.76. The van der Waals surface area contributed by atoms with Gasteiger partial charge in [0.2, 0.25) is 5.91 Å². The van der Waals surface area contributed by atoms with Crippen LogP contribution in [0.5, 0.6) is 0 Å². The molecule has 0 aromatic rings. The van der Waals surface area contributed by atoms with Gasteiger partial charge in [0.25, 0.3) is 0 Å². The number of carbonyl (C=O) groups is 3. The smallest absolute Gasteiger partial charge is 0.332 e. The molecule has 17 heavy (non-hydrogen) atoms. The molecule has 1 amide bonds. The Morgan fingerprint density at radius 2 is 2.12 bits per heavy atom. The molecule has 94 valence electrons. The van der Waals surface area contributed by atoms with Gasteiger partial charge >= 0.3 is 11.9 Å². The quantitative estimate of drug-likeness (QED) is 0.295. The fourth-order valence-corrected chi connectivity index (χ4v) is 0.919. The van der Waals surface area contributed by atoms with Crippen LogP contribution in [0.15, 0.2) is 0 Å². The number of ether oxygens (including phenoxy) is 1. The first-order valence-electron chi connectivity index (χ1n) is 4.82. The van der Waals surface area contributed by atoms with Crippen molar-refractivity contribution in [2.45, 2.75) is 25.4 Å². The Balaban J connectivity index is 4.46. The summed E-state index contributed by atoms with van der Waals surface area (Å²) in [4.78, 5) is 33.2. The lowest BCUT2D eigenvalue weighted by Crippen LogP contribution is -2.51. The van der Waals surface area contributed by atoms with Gasteiger partial charge in [-0.3, -0.25) is 4.79 Å². The van der Waals surface area contributed by atoms with Crippen molar-refractivity contribution in [2.24, 2.45) is 5.73 Å². The second kappa shape index (κ2) is 7.24. The zero-order chi connectivity index (χ0) is 13.4. The number of nitrogens with two attached hydrogens (primary N) is 1. The van der Waals surface area contributed by atoms with Crippen LogP contribution >= 0.6 is 0 Å². The van der Waals surface area contributed by atoms with E-state index in [-0.39, 0.29) is 13.0 Å². The molecule has 7 heteroatoms. The van der Waals surface area contributed by atoms with Crippen molar-refractivity contribution in [1.29, 1.82) is 0 Å². The molecule has 7 nitrogen and oxygen atoms in total. The van der Waals surface area contributed by atoms with Crippen molar-refractivity contribution in [3.8, 4) is 12.3 Å². The minimum absolute atomic E-state index is 0.0759. The topological polar surface area (TPSA) is 119 Å². The van der Waals surface area contributed by atoms with E-state index in [9.17, 15) is 14.4 Å². The molecule has 0 fully saturated rings. The summed E-state index contributed by atoms with van der Waals surface area (Å²) >= 11 is 0. The van der Waals surface area contributed by atoms with Gasteiger partial charge in [-0.25, -0.2) is 9.59 Å². The van der Waals surface area contributed by atoms with Crippen LogP contribution in [0.25, 0.3) is 0 Å². The number of amides is 1. The van der Waals surface area contributed by atoms with E-state index in [4.69, 9.17) is 17.3 Å². The van der Waals surface area contributed by atoms with E-state index < -0.39 is 29.9 Å². The van der Waals surface area contributed by atoms with Gasteiger partial charge in [0.15, 0.2) is 6.04 Å². The number of carboxylic acids is 1. The molecule has 0 bridgehead atoms. The number of carbonyl (C=O) groups excluding carboxylic acids is 2. The molecule has 0 aromatic carbocycles. The van der Waals surface area contributed by atoms with Crippen LogP contribution in [0.1, 0.15) is 13.3 Å². The maximum atomic E-state index is 11.4. The monoisotopic (exact) mass is 242 g/mol. The standard InChI is InChI=1S/C10H14N2O5/c1-3-5-6(9(14)15)12-8(13)7(11)10(16)17-4-2/h1,6-7H,4-5,11H2,2H3,(H,12,13)(H,14,15). The SMILES string of the molecule is C#CCC(NC(=O)C(N)C(=O)OCC)C(=O)O. The molecule has 0 radical (unpaired) electrons. The Morgan fingerprint density at radius 3 is 2.53 bits per heavy atom. The molecule has 2 unspecified atom stereocenters. The number of hydrogen-bond acceptors (Lipinski definition) is 5.